The fraction of sp³-hybridized carbons (Fsp3) is 0.368. The van der Waals surface area contributed by atoms with Gasteiger partial charge in [-0.25, -0.2) is 4.39 Å². The lowest BCUT2D eigenvalue weighted by Gasteiger charge is -2.12. The quantitative estimate of drug-likeness (QED) is 0.648. The zero-order valence-corrected chi connectivity index (χ0v) is 12.3. The van der Waals surface area contributed by atoms with E-state index in [0.29, 0.717) is 0 Å². The molecule has 1 aliphatic carbocycles. The molecular weight excluding hydrogens is 247 g/mol. The number of fused-ring (bicyclic) bond motifs is 4. The molecule has 2 aromatic rings. The molecule has 0 unspecified atom stereocenters. The molecule has 0 saturated heterocycles. The minimum atomic E-state index is -0.0803. The van der Waals surface area contributed by atoms with E-state index in [0.717, 1.165) is 32.1 Å². The third-order valence-corrected chi connectivity index (χ3v) is 4.70. The van der Waals surface area contributed by atoms with E-state index >= 15 is 0 Å². The van der Waals surface area contributed by atoms with Crippen LogP contribution in [0.25, 0.3) is 0 Å². The zero-order valence-electron chi connectivity index (χ0n) is 12.3. The molecule has 0 saturated carbocycles. The lowest BCUT2D eigenvalue weighted by molar-refractivity contribution is 0.620. The molecule has 0 spiro atoms. The average Bonchev–Trinajstić information content (AvgIpc) is 2.43. The van der Waals surface area contributed by atoms with E-state index in [2.05, 4.69) is 32.0 Å². The Kier molecular flexibility index (Phi) is 3.60. The normalized spacial score (nSPS) is 14.8. The van der Waals surface area contributed by atoms with Crippen molar-refractivity contribution >= 4 is 0 Å². The molecule has 3 rings (SSSR count). The van der Waals surface area contributed by atoms with Gasteiger partial charge in [0.25, 0.3) is 0 Å². The van der Waals surface area contributed by atoms with Crippen LogP contribution in [-0.4, -0.2) is 0 Å². The first-order valence-electron chi connectivity index (χ1n) is 7.50. The molecule has 0 aromatic heterocycles. The molecule has 0 heterocycles. The second-order valence-corrected chi connectivity index (χ2v) is 5.90. The van der Waals surface area contributed by atoms with Gasteiger partial charge in [-0.3, -0.25) is 0 Å². The largest absolute Gasteiger partial charge is 0.207 e. The Morgan fingerprint density at radius 1 is 0.750 bits per heavy atom. The molecular formula is C19H21F. The summed E-state index contributed by atoms with van der Waals surface area (Å²) < 4.78 is 13.8. The van der Waals surface area contributed by atoms with Crippen molar-refractivity contribution in [1.29, 1.82) is 0 Å². The standard InChI is InChI=1S/C19H21F/c1-13-15-5-3-7-16(13)9-10-18-12-19(20)11-17(14(18)2)8-4-6-15/h3,5,7,11-12H,4,6,8-10H2,1-2H3. The molecule has 2 aromatic carbocycles. The number of aryl methyl sites for hydroxylation is 4. The highest BCUT2D eigenvalue weighted by atomic mass is 19.1. The zero-order chi connectivity index (χ0) is 14.1. The first-order valence-corrected chi connectivity index (χ1v) is 7.50. The fourth-order valence-corrected chi connectivity index (χ4v) is 3.33. The third-order valence-electron chi connectivity index (χ3n) is 4.70. The van der Waals surface area contributed by atoms with Crippen LogP contribution in [0.3, 0.4) is 0 Å². The molecule has 0 nitrogen and oxygen atoms in total. The highest BCUT2D eigenvalue weighted by molar-refractivity contribution is 5.39. The summed E-state index contributed by atoms with van der Waals surface area (Å²) in [4.78, 5) is 0. The summed E-state index contributed by atoms with van der Waals surface area (Å²) in [7, 11) is 0. The Balaban J connectivity index is 2.04. The summed E-state index contributed by atoms with van der Waals surface area (Å²) in [5, 5.41) is 0. The van der Waals surface area contributed by atoms with Crippen molar-refractivity contribution in [1.82, 2.24) is 0 Å². The van der Waals surface area contributed by atoms with Gasteiger partial charge < -0.3 is 0 Å². The predicted molar refractivity (Wildman–Crippen MR) is 81.7 cm³/mol. The average molecular weight is 268 g/mol. The number of hydrogen-bond acceptors (Lipinski definition) is 0. The second kappa shape index (κ2) is 5.40. The summed E-state index contributed by atoms with van der Waals surface area (Å²) in [6, 6.07) is 10.1. The van der Waals surface area contributed by atoms with E-state index in [9.17, 15) is 4.39 Å². The molecule has 1 aliphatic rings. The van der Waals surface area contributed by atoms with Crippen LogP contribution in [0.4, 0.5) is 4.39 Å². The maximum absolute atomic E-state index is 13.8. The minimum absolute atomic E-state index is 0.0803. The second-order valence-electron chi connectivity index (χ2n) is 5.90. The first kappa shape index (κ1) is 13.4. The van der Waals surface area contributed by atoms with Gasteiger partial charge in [0.15, 0.2) is 0 Å². The molecule has 0 aliphatic heterocycles. The number of hydrogen-bond donors (Lipinski definition) is 0. The summed E-state index contributed by atoms with van der Waals surface area (Å²) in [6.45, 7) is 4.37. The van der Waals surface area contributed by atoms with Crippen LogP contribution in [0.2, 0.25) is 0 Å². The fourth-order valence-electron chi connectivity index (χ4n) is 3.33. The van der Waals surface area contributed by atoms with Crippen molar-refractivity contribution in [2.45, 2.75) is 46.0 Å². The topological polar surface area (TPSA) is 0 Å². The number of benzene rings is 2. The van der Waals surface area contributed by atoms with Crippen LogP contribution in [0.1, 0.15) is 39.8 Å². The van der Waals surface area contributed by atoms with E-state index in [4.69, 9.17) is 0 Å². The van der Waals surface area contributed by atoms with Gasteiger partial charge in [-0.2, -0.15) is 0 Å². The van der Waals surface area contributed by atoms with Gasteiger partial charge in [-0.15, -0.1) is 0 Å². The molecule has 4 bridgehead atoms. The Morgan fingerprint density at radius 2 is 1.25 bits per heavy atom. The first-order chi connectivity index (χ1) is 9.65. The maximum atomic E-state index is 13.8. The number of halogens is 1. The third kappa shape index (κ3) is 2.49. The smallest absolute Gasteiger partial charge is 0.123 e. The molecule has 0 radical (unpaired) electrons. The molecule has 0 amide bonds. The van der Waals surface area contributed by atoms with Crippen LogP contribution < -0.4 is 0 Å². The predicted octanol–water partition coefficient (Wildman–Crippen LogP) is 4.72. The summed E-state index contributed by atoms with van der Waals surface area (Å²) >= 11 is 0. The summed E-state index contributed by atoms with van der Waals surface area (Å²) in [5.74, 6) is -0.0803. The monoisotopic (exact) mass is 268 g/mol. The van der Waals surface area contributed by atoms with Gasteiger partial charge >= 0.3 is 0 Å². The Hall–Kier alpha value is -1.63. The van der Waals surface area contributed by atoms with Crippen LogP contribution in [0, 0.1) is 19.7 Å². The van der Waals surface area contributed by atoms with Crippen LogP contribution in [0.5, 0.6) is 0 Å². The van der Waals surface area contributed by atoms with E-state index in [1.807, 2.05) is 0 Å². The molecule has 0 N–H and O–H groups in total. The minimum Gasteiger partial charge on any atom is -0.207 e. The van der Waals surface area contributed by atoms with E-state index in [1.165, 1.54) is 33.4 Å². The highest BCUT2D eigenvalue weighted by Crippen LogP contribution is 2.24. The van der Waals surface area contributed by atoms with Crippen LogP contribution in [-0.2, 0) is 25.7 Å². The SMILES string of the molecule is Cc1c2cccc1CCc1cc(F)cc(c1C)CCC2. The lowest BCUT2D eigenvalue weighted by Crippen LogP contribution is -2.00. The van der Waals surface area contributed by atoms with Crippen molar-refractivity contribution in [2.24, 2.45) is 0 Å². The van der Waals surface area contributed by atoms with Crippen LogP contribution >= 0.6 is 0 Å². The number of rotatable bonds is 0. The summed E-state index contributed by atoms with van der Waals surface area (Å²) in [6.07, 6.45) is 5.09. The van der Waals surface area contributed by atoms with Crippen molar-refractivity contribution in [3.05, 3.63) is 69.5 Å². The Labute approximate surface area is 120 Å². The van der Waals surface area contributed by atoms with Gasteiger partial charge in [0.1, 0.15) is 5.82 Å². The van der Waals surface area contributed by atoms with Crippen molar-refractivity contribution in [3.63, 3.8) is 0 Å². The van der Waals surface area contributed by atoms with Crippen molar-refractivity contribution < 1.29 is 4.39 Å². The summed E-state index contributed by atoms with van der Waals surface area (Å²) in [5.41, 5.74) is 7.95. The van der Waals surface area contributed by atoms with Gasteiger partial charge in [0, 0.05) is 0 Å². The van der Waals surface area contributed by atoms with Gasteiger partial charge in [-0.05, 0) is 91.5 Å². The highest BCUT2D eigenvalue weighted by Gasteiger charge is 2.12. The maximum Gasteiger partial charge on any atom is 0.123 e. The Bertz CT molecular complexity index is 640. The molecule has 20 heavy (non-hydrogen) atoms. The lowest BCUT2D eigenvalue weighted by atomic mass is 9.94. The van der Waals surface area contributed by atoms with Gasteiger partial charge in [-0.1, -0.05) is 18.2 Å². The van der Waals surface area contributed by atoms with Crippen LogP contribution in [0.15, 0.2) is 30.3 Å². The van der Waals surface area contributed by atoms with Crippen molar-refractivity contribution in [2.75, 3.05) is 0 Å². The molecule has 1 heteroatoms. The molecule has 0 fully saturated rings. The van der Waals surface area contributed by atoms with E-state index < -0.39 is 0 Å². The van der Waals surface area contributed by atoms with E-state index in [-0.39, 0.29) is 5.82 Å². The van der Waals surface area contributed by atoms with Gasteiger partial charge in [0.2, 0.25) is 0 Å². The van der Waals surface area contributed by atoms with E-state index in [1.54, 1.807) is 12.1 Å². The Morgan fingerprint density at radius 3 is 2.00 bits per heavy atom. The van der Waals surface area contributed by atoms with Gasteiger partial charge in [0.05, 0.1) is 0 Å². The van der Waals surface area contributed by atoms with Crippen molar-refractivity contribution in [3.8, 4) is 0 Å². The molecule has 104 valence electrons. The molecule has 0 atom stereocenters.